The second-order valence-electron chi connectivity index (χ2n) is 5.26. The monoisotopic (exact) mass is 308 g/mol. The minimum absolute atomic E-state index is 0.0562. The number of nitrogens with zero attached hydrogens (tertiary/aromatic N) is 1. The van der Waals surface area contributed by atoms with Gasteiger partial charge in [0.25, 0.3) is 0 Å². The van der Waals surface area contributed by atoms with Crippen LogP contribution < -0.4 is 16.5 Å². The first-order chi connectivity index (χ1) is 9.78. The van der Waals surface area contributed by atoms with Crippen molar-refractivity contribution in [2.75, 3.05) is 6.54 Å². The highest BCUT2D eigenvalue weighted by atomic mass is 32.1. The molecule has 0 aliphatic carbocycles. The van der Waals surface area contributed by atoms with Crippen LogP contribution >= 0.6 is 12.2 Å². The average molecular weight is 308 g/mol. The van der Waals surface area contributed by atoms with Gasteiger partial charge in [0.05, 0.1) is 12.3 Å². The molecule has 0 heterocycles. The third-order valence-electron chi connectivity index (χ3n) is 2.21. The van der Waals surface area contributed by atoms with E-state index in [9.17, 15) is 4.79 Å². The van der Waals surface area contributed by atoms with Gasteiger partial charge >= 0.3 is 6.09 Å². The van der Waals surface area contributed by atoms with Crippen LogP contribution in [0.5, 0.6) is 0 Å². The van der Waals surface area contributed by atoms with E-state index in [1.165, 1.54) is 0 Å². The van der Waals surface area contributed by atoms with Crippen LogP contribution in [0.3, 0.4) is 0 Å². The van der Waals surface area contributed by atoms with Crippen molar-refractivity contribution in [2.45, 2.75) is 26.4 Å². The van der Waals surface area contributed by atoms with Crippen molar-refractivity contribution in [3.63, 3.8) is 0 Å². The summed E-state index contributed by atoms with van der Waals surface area (Å²) in [6.45, 7) is 5.59. The van der Waals surface area contributed by atoms with Gasteiger partial charge in [-0.25, -0.2) is 4.79 Å². The molecule has 0 atom stereocenters. The minimum atomic E-state index is -0.550. The number of benzene rings is 1. The molecule has 0 radical (unpaired) electrons. The van der Waals surface area contributed by atoms with Crippen molar-refractivity contribution < 1.29 is 9.53 Å². The number of rotatable bonds is 4. The molecule has 0 aliphatic rings. The molecule has 1 aromatic rings. The molecule has 6 nitrogen and oxygen atoms in total. The van der Waals surface area contributed by atoms with E-state index < -0.39 is 11.7 Å². The Morgan fingerprint density at radius 3 is 2.48 bits per heavy atom. The van der Waals surface area contributed by atoms with E-state index in [0.717, 1.165) is 5.56 Å². The normalized spacial score (nSPS) is 11.7. The SMILES string of the molecule is CC(C)(C)OC(=O)NC/C(=N/NC(N)=S)c1ccccc1. The molecule has 0 fully saturated rings. The first kappa shape index (κ1) is 16.9. The maximum absolute atomic E-state index is 11.7. The lowest BCUT2D eigenvalue weighted by Crippen LogP contribution is -2.36. The van der Waals surface area contributed by atoms with Gasteiger partial charge in [-0.05, 0) is 38.6 Å². The summed E-state index contributed by atoms with van der Waals surface area (Å²) in [6, 6.07) is 9.38. The molecule has 0 saturated carbocycles. The zero-order chi connectivity index (χ0) is 15.9. The summed E-state index contributed by atoms with van der Waals surface area (Å²) in [7, 11) is 0. The Labute approximate surface area is 129 Å². The first-order valence-corrected chi connectivity index (χ1v) is 6.83. The lowest BCUT2D eigenvalue weighted by molar-refractivity contribution is 0.0536. The highest BCUT2D eigenvalue weighted by Crippen LogP contribution is 2.06. The van der Waals surface area contributed by atoms with E-state index in [-0.39, 0.29) is 11.7 Å². The number of ether oxygens (including phenoxy) is 1. The van der Waals surface area contributed by atoms with E-state index in [2.05, 4.69) is 15.8 Å². The summed E-state index contributed by atoms with van der Waals surface area (Å²) >= 11 is 4.72. The topological polar surface area (TPSA) is 88.7 Å². The maximum Gasteiger partial charge on any atom is 0.407 e. The van der Waals surface area contributed by atoms with Crippen molar-refractivity contribution in [2.24, 2.45) is 10.8 Å². The molecule has 0 bridgehead atoms. The van der Waals surface area contributed by atoms with Crippen molar-refractivity contribution in [3.8, 4) is 0 Å². The Bertz CT molecular complexity index is 524. The van der Waals surface area contributed by atoms with Crippen LogP contribution in [0.15, 0.2) is 35.4 Å². The third kappa shape index (κ3) is 7.26. The number of nitrogens with one attached hydrogen (secondary N) is 2. The average Bonchev–Trinajstić information content (AvgIpc) is 2.37. The Kier molecular flexibility index (Phi) is 6.10. The third-order valence-corrected chi connectivity index (χ3v) is 2.30. The largest absolute Gasteiger partial charge is 0.444 e. The molecule has 4 N–H and O–H groups in total. The van der Waals surface area contributed by atoms with Gasteiger partial charge in [0.2, 0.25) is 0 Å². The Morgan fingerprint density at radius 2 is 1.95 bits per heavy atom. The van der Waals surface area contributed by atoms with Gasteiger partial charge in [0.15, 0.2) is 5.11 Å². The Morgan fingerprint density at radius 1 is 1.33 bits per heavy atom. The molecule has 0 unspecified atom stereocenters. The van der Waals surface area contributed by atoms with Gasteiger partial charge < -0.3 is 15.8 Å². The fourth-order valence-corrected chi connectivity index (χ4v) is 1.47. The molecule has 1 rings (SSSR count). The molecule has 7 heteroatoms. The smallest absolute Gasteiger partial charge is 0.407 e. The van der Waals surface area contributed by atoms with Crippen molar-refractivity contribution >= 4 is 29.1 Å². The van der Waals surface area contributed by atoms with Gasteiger partial charge in [-0.15, -0.1) is 0 Å². The number of alkyl carbamates (subject to hydrolysis) is 1. The van der Waals surface area contributed by atoms with Crippen molar-refractivity contribution in [1.82, 2.24) is 10.7 Å². The standard InChI is InChI=1S/C14H20N4O2S/c1-14(2,3)20-13(19)16-9-11(17-18-12(15)21)10-7-5-4-6-8-10/h4-8H,9H2,1-3H3,(H,16,19)(H3,15,18,21)/b17-11-. The summed E-state index contributed by atoms with van der Waals surface area (Å²) in [5, 5.41) is 6.79. The van der Waals surface area contributed by atoms with Crippen LogP contribution in [0, 0.1) is 0 Å². The number of hydrogen-bond acceptors (Lipinski definition) is 4. The van der Waals surface area contributed by atoms with Crippen LogP contribution in [0.4, 0.5) is 4.79 Å². The molecule has 1 aromatic carbocycles. The summed E-state index contributed by atoms with van der Waals surface area (Å²) in [5.41, 5.74) is 8.77. The van der Waals surface area contributed by atoms with Crippen LogP contribution in [0.1, 0.15) is 26.3 Å². The van der Waals surface area contributed by atoms with Crippen LogP contribution in [-0.4, -0.2) is 29.1 Å². The fourth-order valence-electron chi connectivity index (χ4n) is 1.43. The second kappa shape index (κ2) is 7.58. The number of carbonyl (C=O) groups is 1. The second-order valence-corrected chi connectivity index (χ2v) is 5.70. The number of carbonyl (C=O) groups excluding carboxylic acids is 1. The maximum atomic E-state index is 11.7. The van der Waals surface area contributed by atoms with Crippen LogP contribution in [-0.2, 0) is 4.74 Å². The fraction of sp³-hybridized carbons (Fsp3) is 0.357. The number of hydrazone groups is 1. The zero-order valence-electron chi connectivity index (χ0n) is 12.3. The Hall–Kier alpha value is -2.15. The highest BCUT2D eigenvalue weighted by molar-refractivity contribution is 7.80. The molecule has 0 spiro atoms. The Balaban J connectivity index is 2.73. The predicted molar refractivity (Wildman–Crippen MR) is 87.1 cm³/mol. The van der Waals surface area contributed by atoms with E-state index in [1.54, 1.807) is 20.8 Å². The van der Waals surface area contributed by atoms with Crippen LogP contribution in [0.25, 0.3) is 0 Å². The molecule has 21 heavy (non-hydrogen) atoms. The number of nitrogens with two attached hydrogens (primary N) is 1. The quantitative estimate of drug-likeness (QED) is 0.448. The summed E-state index contributed by atoms with van der Waals surface area (Å²) in [6.07, 6.45) is -0.513. The number of amides is 1. The minimum Gasteiger partial charge on any atom is -0.444 e. The molecular formula is C14H20N4O2S. The van der Waals surface area contributed by atoms with E-state index in [4.69, 9.17) is 22.7 Å². The van der Waals surface area contributed by atoms with Crippen molar-refractivity contribution in [1.29, 1.82) is 0 Å². The van der Waals surface area contributed by atoms with Crippen molar-refractivity contribution in [3.05, 3.63) is 35.9 Å². The molecule has 0 saturated heterocycles. The summed E-state index contributed by atoms with van der Waals surface area (Å²) in [4.78, 5) is 11.7. The van der Waals surface area contributed by atoms with E-state index in [0.29, 0.717) is 5.71 Å². The molecule has 0 aliphatic heterocycles. The van der Waals surface area contributed by atoms with Gasteiger partial charge in [-0.3, -0.25) is 5.43 Å². The first-order valence-electron chi connectivity index (χ1n) is 6.42. The van der Waals surface area contributed by atoms with Crippen LogP contribution in [0.2, 0.25) is 0 Å². The molecule has 1 amide bonds. The number of hydrogen-bond donors (Lipinski definition) is 3. The lowest BCUT2D eigenvalue weighted by atomic mass is 10.1. The number of thiocarbonyl (C=S) groups is 1. The molecular weight excluding hydrogens is 288 g/mol. The van der Waals surface area contributed by atoms with Gasteiger partial charge in [-0.1, -0.05) is 30.3 Å². The van der Waals surface area contributed by atoms with Gasteiger partial charge in [0, 0.05) is 0 Å². The summed E-state index contributed by atoms with van der Waals surface area (Å²) in [5.74, 6) is 0. The van der Waals surface area contributed by atoms with Gasteiger partial charge in [0.1, 0.15) is 5.60 Å². The molecule has 114 valence electrons. The van der Waals surface area contributed by atoms with E-state index >= 15 is 0 Å². The van der Waals surface area contributed by atoms with E-state index in [1.807, 2.05) is 30.3 Å². The molecule has 0 aromatic heterocycles. The predicted octanol–water partition coefficient (Wildman–Crippen LogP) is 1.75. The lowest BCUT2D eigenvalue weighted by Gasteiger charge is -2.20. The highest BCUT2D eigenvalue weighted by Gasteiger charge is 2.16. The van der Waals surface area contributed by atoms with Gasteiger partial charge in [-0.2, -0.15) is 5.10 Å². The summed E-state index contributed by atoms with van der Waals surface area (Å²) < 4.78 is 5.17. The zero-order valence-corrected chi connectivity index (χ0v) is 13.2.